The van der Waals surface area contributed by atoms with Crippen LogP contribution >= 0.6 is 11.6 Å². The highest BCUT2D eigenvalue weighted by molar-refractivity contribution is 6.31. The lowest BCUT2D eigenvalue weighted by atomic mass is 10.1. The van der Waals surface area contributed by atoms with Crippen LogP contribution in [0.15, 0.2) is 48.5 Å². The lowest BCUT2D eigenvalue weighted by Crippen LogP contribution is -2.47. The number of hydrogen-bond acceptors (Lipinski definition) is 3. The minimum absolute atomic E-state index is 0.126. The Morgan fingerprint density at radius 3 is 2.00 bits per heavy atom. The molecule has 3 nitrogen and oxygen atoms in total. The second-order valence-electron chi connectivity index (χ2n) is 6.92. The molecule has 0 aromatic heterocycles. The van der Waals surface area contributed by atoms with Crippen molar-refractivity contribution in [3.8, 4) is 5.75 Å². The van der Waals surface area contributed by atoms with Gasteiger partial charge in [0.05, 0.1) is 0 Å². The molecule has 0 N–H and O–H groups in total. The van der Waals surface area contributed by atoms with Gasteiger partial charge in [-0.1, -0.05) is 48.0 Å². The van der Waals surface area contributed by atoms with Crippen LogP contribution < -0.4 is 4.74 Å². The van der Waals surface area contributed by atoms with Gasteiger partial charge in [0.2, 0.25) is 0 Å². The van der Waals surface area contributed by atoms with Crippen molar-refractivity contribution in [2.45, 2.75) is 12.8 Å². The number of piperazine rings is 1. The molecule has 146 valence electrons. The molecule has 2 aromatic carbocycles. The number of ether oxygens (including phenoxy) is 1. The molecule has 1 aliphatic rings. The largest absolute Gasteiger partial charge is 0.491 e. The van der Waals surface area contributed by atoms with E-state index in [0.29, 0.717) is 0 Å². The molecule has 27 heavy (non-hydrogen) atoms. The van der Waals surface area contributed by atoms with Crippen LogP contribution in [0.1, 0.15) is 11.1 Å². The molecule has 0 aliphatic carbocycles. The standard InChI is InChI=1S/C22H28ClFN2O/c23-21-7-3-1-5-19(21)9-12-25-14-16-26(17-15-25)13-10-20-6-2-4-8-22(20)27-18-11-24/h1-8H,9-18H2. The van der Waals surface area contributed by atoms with Crippen LogP contribution in [0.25, 0.3) is 0 Å². The van der Waals surface area contributed by atoms with Crippen molar-refractivity contribution in [1.29, 1.82) is 0 Å². The van der Waals surface area contributed by atoms with Gasteiger partial charge in [0.15, 0.2) is 0 Å². The van der Waals surface area contributed by atoms with Crippen molar-refractivity contribution in [3.05, 3.63) is 64.7 Å². The second kappa shape index (κ2) is 10.6. The van der Waals surface area contributed by atoms with Crippen LogP contribution in [-0.4, -0.2) is 62.3 Å². The van der Waals surface area contributed by atoms with E-state index in [1.165, 1.54) is 5.56 Å². The summed E-state index contributed by atoms with van der Waals surface area (Å²) in [4.78, 5) is 5.01. The molecular formula is C22H28ClFN2O. The van der Waals surface area contributed by atoms with Gasteiger partial charge in [-0.3, -0.25) is 0 Å². The average molecular weight is 391 g/mol. The van der Waals surface area contributed by atoms with Gasteiger partial charge in [-0.05, 0) is 36.1 Å². The van der Waals surface area contributed by atoms with Crippen LogP contribution in [0.5, 0.6) is 5.75 Å². The van der Waals surface area contributed by atoms with Crippen LogP contribution in [0.3, 0.4) is 0 Å². The SMILES string of the molecule is FCCOc1ccccc1CCN1CCN(CCc2ccccc2Cl)CC1. The fourth-order valence-corrected chi connectivity index (χ4v) is 3.72. The molecule has 1 fully saturated rings. The molecule has 0 saturated carbocycles. The highest BCUT2D eigenvalue weighted by Crippen LogP contribution is 2.19. The van der Waals surface area contributed by atoms with E-state index in [1.54, 1.807) is 0 Å². The molecule has 3 rings (SSSR count). The fraction of sp³-hybridized carbons (Fsp3) is 0.455. The maximum atomic E-state index is 12.4. The number of para-hydroxylation sites is 1. The van der Waals surface area contributed by atoms with E-state index < -0.39 is 6.67 Å². The van der Waals surface area contributed by atoms with E-state index in [0.717, 1.165) is 68.4 Å². The van der Waals surface area contributed by atoms with Crippen LogP contribution in [0, 0.1) is 0 Å². The van der Waals surface area contributed by atoms with E-state index in [1.807, 2.05) is 36.4 Å². The summed E-state index contributed by atoms with van der Waals surface area (Å²) in [6.45, 7) is 6.07. The van der Waals surface area contributed by atoms with Gasteiger partial charge in [0.1, 0.15) is 19.0 Å². The van der Waals surface area contributed by atoms with Crippen molar-refractivity contribution in [1.82, 2.24) is 9.80 Å². The maximum Gasteiger partial charge on any atom is 0.123 e. The van der Waals surface area contributed by atoms with Gasteiger partial charge in [0, 0.05) is 44.3 Å². The molecule has 2 aromatic rings. The Morgan fingerprint density at radius 1 is 0.815 bits per heavy atom. The number of benzene rings is 2. The van der Waals surface area contributed by atoms with Gasteiger partial charge in [0.25, 0.3) is 0 Å². The summed E-state index contributed by atoms with van der Waals surface area (Å²) >= 11 is 6.25. The van der Waals surface area contributed by atoms with Crippen molar-refractivity contribution < 1.29 is 9.13 Å². The van der Waals surface area contributed by atoms with E-state index in [4.69, 9.17) is 16.3 Å². The van der Waals surface area contributed by atoms with Gasteiger partial charge >= 0.3 is 0 Å². The Balaban J connectivity index is 1.40. The molecule has 0 atom stereocenters. The molecule has 1 aliphatic heterocycles. The predicted molar refractivity (Wildman–Crippen MR) is 110 cm³/mol. The number of hydrogen-bond donors (Lipinski definition) is 0. The minimum atomic E-state index is -0.454. The first-order chi connectivity index (χ1) is 13.3. The van der Waals surface area contributed by atoms with Gasteiger partial charge in [-0.2, -0.15) is 0 Å². The van der Waals surface area contributed by atoms with E-state index in [9.17, 15) is 4.39 Å². The highest BCUT2D eigenvalue weighted by Gasteiger charge is 2.17. The van der Waals surface area contributed by atoms with Gasteiger partial charge < -0.3 is 14.5 Å². The average Bonchev–Trinajstić information content (AvgIpc) is 2.71. The normalized spacial score (nSPS) is 15.8. The van der Waals surface area contributed by atoms with Crippen molar-refractivity contribution in [2.75, 3.05) is 52.6 Å². The Kier molecular flexibility index (Phi) is 7.93. The van der Waals surface area contributed by atoms with E-state index >= 15 is 0 Å². The molecular weight excluding hydrogens is 363 g/mol. The van der Waals surface area contributed by atoms with Crippen LogP contribution in [0.4, 0.5) is 4.39 Å². The molecule has 0 unspecified atom stereocenters. The summed E-state index contributed by atoms with van der Waals surface area (Å²) in [6.07, 6.45) is 1.93. The van der Waals surface area contributed by atoms with Crippen LogP contribution in [-0.2, 0) is 12.8 Å². The number of rotatable bonds is 9. The predicted octanol–water partition coefficient (Wildman–Crippen LogP) is 4.09. The third-order valence-corrected chi connectivity index (χ3v) is 5.49. The van der Waals surface area contributed by atoms with Gasteiger partial charge in [-0.15, -0.1) is 0 Å². The lowest BCUT2D eigenvalue weighted by Gasteiger charge is -2.34. The summed E-state index contributed by atoms with van der Waals surface area (Å²) in [7, 11) is 0. The number of nitrogens with zero attached hydrogens (tertiary/aromatic N) is 2. The monoisotopic (exact) mass is 390 g/mol. The molecule has 5 heteroatoms. The summed E-state index contributed by atoms with van der Waals surface area (Å²) in [6, 6.07) is 16.1. The number of halogens is 2. The van der Waals surface area contributed by atoms with Crippen molar-refractivity contribution >= 4 is 11.6 Å². The van der Waals surface area contributed by atoms with E-state index in [-0.39, 0.29) is 6.61 Å². The quantitative estimate of drug-likeness (QED) is 0.641. The molecule has 0 spiro atoms. The summed E-state index contributed by atoms with van der Waals surface area (Å²) in [5.41, 5.74) is 2.39. The maximum absolute atomic E-state index is 12.4. The molecule has 0 radical (unpaired) electrons. The smallest absolute Gasteiger partial charge is 0.123 e. The Hall–Kier alpha value is -1.62. The van der Waals surface area contributed by atoms with Crippen LogP contribution in [0.2, 0.25) is 5.02 Å². The molecule has 1 heterocycles. The Labute approximate surface area is 166 Å². The zero-order valence-corrected chi connectivity index (χ0v) is 16.5. The Bertz CT molecular complexity index is 704. The third kappa shape index (κ3) is 6.20. The summed E-state index contributed by atoms with van der Waals surface area (Å²) in [5, 5.41) is 0.866. The lowest BCUT2D eigenvalue weighted by molar-refractivity contribution is 0.134. The fourth-order valence-electron chi connectivity index (χ4n) is 3.49. The highest BCUT2D eigenvalue weighted by atomic mass is 35.5. The molecule has 1 saturated heterocycles. The van der Waals surface area contributed by atoms with Crippen molar-refractivity contribution in [2.24, 2.45) is 0 Å². The minimum Gasteiger partial charge on any atom is -0.491 e. The topological polar surface area (TPSA) is 15.7 Å². The van der Waals surface area contributed by atoms with E-state index in [2.05, 4.69) is 21.9 Å². The zero-order chi connectivity index (χ0) is 18.9. The van der Waals surface area contributed by atoms with Crippen molar-refractivity contribution in [3.63, 3.8) is 0 Å². The summed E-state index contributed by atoms with van der Waals surface area (Å²) in [5.74, 6) is 0.813. The third-order valence-electron chi connectivity index (χ3n) is 5.12. The van der Waals surface area contributed by atoms with Gasteiger partial charge in [-0.25, -0.2) is 4.39 Å². The zero-order valence-electron chi connectivity index (χ0n) is 15.7. The first kappa shape index (κ1) is 20.1. The number of alkyl halides is 1. The molecule has 0 amide bonds. The second-order valence-corrected chi connectivity index (χ2v) is 7.33. The summed E-state index contributed by atoms with van der Waals surface area (Å²) < 4.78 is 17.9. The Morgan fingerprint density at radius 2 is 1.37 bits per heavy atom. The molecule has 0 bridgehead atoms. The first-order valence-electron chi connectivity index (χ1n) is 9.71. The first-order valence-corrected chi connectivity index (χ1v) is 10.1.